The van der Waals surface area contributed by atoms with Gasteiger partial charge in [0.2, 0.25) is 0 Å². The molecule has 0 radical (unpaired) electrons. The molecule has 17 heavy (non-hydrogen) atoms. The first kappa shape index (κ1) is 13.8. The molecule has 0 aliphatic rings. The van der Waals surface area contributed by atoms with Crippen LogP contribution in [0, 0.1) is 0 Å². The Morgan fingerprint density at radius 3 is 2.24 bits per heavy atom. The third-order valence-corrected chi connectivity index (χ3v) is 2.84. The van der Waals surface area contributed by atoms with Crippen LogP contribution in [0.5, 0.6) is 5.75 Å². The summed E-state index contributed by atoms with van der Waals surface area (Å²) in [6.45, 7) is 10.0. The number of phenolic OH excluding ortho intramolecular Hbond substituents is 1. The van der Waals surface area contributed by atoms with E-state index < -0.39 is 0 Å². The fourth-order valence-electron chi connectivity index (χ4n) is 1.98. The Bertz CT molecular complexity index is 365. The largest absolute Gasteiger partial charge is 0.508 e. The Hall–Kier alpha value is -1.22. The molecule has 0 saturated carbocycles. The van der Waals surface area contributed by atoms with Gasteiger partial charge in [-0.15, -0.1) is 0 Å². The molecular weight excluding hydrogens is 212 g/mol. The van der Waals surface area contributed by atoms with Crippen molar-refractivity contribution in [2.24, 2.45) is 5.73 Å². The molecule has 0 fully saturated rings. The molecule has 3 N–H and O–H groups in total. The van der Waals surface area contributed by atoms with Gasteiger partial charge in [0, 0.05) is 30.4 Å². The summed E-state index contributed by atoms with van der Waals surface area (Å²) in [5, 5.41) is 10.0. The lowest BCUT2D eigenvalue weighted by Crippen LogP contribution is -2.34. The minimum absolute atomic E-state index is 0.297. The minimum atomic E-state index is -0.297. The molecule has 0 atom stereocenters. The third-order valence-electron chi connectivity index (χ3n) is 2.84. The van der Waals surface area contributed by atoms with Crippen molar-refractivity contribution >= 4 is 5.69 Å². The molecule has 96 valence electrons. The smallest absolute Gasteiger partial charge is 0.120 e. The lowest BCUT2D eigenvalue weighted by atomic mass is 9.95. The molecular formula is C14H24N2O. The van der Waals surface area contributed by atoms with Gasteiger partial charge in [-0.2, -0.15) is 0 Å². The molecule has 0 aliphatic heterocycles. The van der Waals surface area contributed by atoms with Crippen molar-refractivity contribution in [1.82, 2.24) is 0 Å². The zero-order valence-electron chi connectivity index (χ0n) is 11.3. The fourth-order valence-corrected chi connectivity index (χ4v) is 1.98. The summed E-state index contributed by atoms with van der Waals surface area (Å²) in [5.74, 6) is 0.341. The first-order valence-corrected chi connectivity index (χ1v) is 6.23. The standard InChI is InChI=1S/C14H24N2O/c1-5-16(6-2)12-8-7-11(13(17)9-12)10-14(3,4)15/h7-9,17H,5-6,10,15H2,1-4H3. The van der Waals surface area contributed by atoms with Gasteiger partial charge in [0.1, 0.15) is 5.75 Å². The molecule has 0 heterocycles. The maximum Gasteiger partial charge on any atom is 0.120 e. The highest BCUT2D eigenvalue weighted by atomic mass is 16.3. The van der Waals surface area contributed by atoms with E-state index in [9.17, 15) is 5.11 Å². The topological polar surface area (TPSA) is 49.5 Å². The van der Waals surface area contributed by atoms with E-state index in [1.807, 2.05) is 32.0 Å². The van der Waals surface area contributed by atoms with Gasteiger partial charge in [-0.25, -0.2) is 0 Å². The first-order chi connectivity index (χ1) is 7.87. The Kier molecular flexibility index (Phi) is 4.40. The van der Waals surface area contributed by atoms with Crippen LogP contribution in [0.2, 0.25) is 0 Å². The molecule has 1 aromatic carbocycles. The van der Waals surface area contributed by atoms with Crippen LogP contribution in [0.4, 0.5) is 5.69 Å². The molecule has 0 aromatic heterocycles. The van der Waals surface area contributed by atoms with E-state index in [4.69, 9.17) is 5.73 Å². The van der Waals surface area contributed by atoms with E-state index in [1.165, 1.54) is 0 Å². The van der Waals surface area contributed by atoms with Gasteiger partial charge < -0.3 is 15.7 Å². The SMILES string of the molecule is CCN(CC)c1ccc(CC(C)(C)N)c(O)c1. The van der Waals surface area contributed by atoms with Crippen molar-refractivity contribution in [1.29, 1.82) is 0 Å². The van der Waals surface area contributed by atoms with E-state index in [2.05, 4.69) is 18.7 Å². The minimum Gasteiger partial charge on any atom is -0.508 e. The summed E-state index contributed by atoms with van der Waals surface area (Å²) in [6.07, 6.45) is 0.678. The van der Waals surface area contributed by atoms with Gasteiger partial charge in [-0.3, -0.25) is 0 Å². The molecule has 0 saturated heterocycles. The highest BCUT2D eigenvalue weighted by Gasteiger charge is 2.15. The van der Waals surface area contributed by atoms with Crippen molar-refractivity contribution < 1.29 is 5.11 Å². The van der Waals surface area contributed by atoms with Gasteiger partial charge >= 0.3 is 0 Å². The molecule has 3 nitrogen and oxygen atoms in total. The first-order valence-electron chi connectivity index (χ1n) is 6.23. The zero-order chi connectivity index (χ0) is 13.1. The Morgan fingerprint density at radius 2 is 1.82 bits per heavy atom. The zero-order valence-corrected chi connectivity index (χ0v) is 11.3. The average molecular weight is 236 g/mol. The lowest BCUT2D eigenvalue weighted by Gasteiger charge is -2.23. The number of aromatic hydroxyl groups is 1. The molecule has 1 aromatic rings. The van der Waals surface area contributed by atoms with Crippen LogP contribution in [0.25, 0.3) is 0 Å². The van der Waals surface area contributed by atoms with Crippen LogP contribution in [0.3, 0.4) is 0 Å². The molecule has 0 bridgehead atoms. The van der Waals surface area contributed by atoms with Crippen molar-refractivity contribution in [3.8, 4) is 5.75 Å². The van der Waals surface area contributed by atoms with Gasteiger partial charge in [0.15, 0.2) is 0 Å². The van der Waals surface area contributed by atoms with E-state index in [1.54, 1.807) is 0 Å². The molecule has 0 aliphatic carbocycles. The Labute approximate surface area is 104 Å². The molecule has 0 amide bonds. The number of phenols is 1. The van der Waals surface area contributed by atoms with Gasteiger partial charge in [0.25, 0.3) is 0 Å². The number of nitrogens with two attached hydrogens (primary N) is 1. The summed E-state index contributed by atoms with van der Waals surface area (Å²) < 4.78 is 0. The van der Waals surface area contributed by atoms with E-state index in [0.29, 0.717) is 12.2 Å². The quantitative estimate of drug-likeness (QED) is 0.826. The Morgan fingerprint density at radius 1 is 1.24 bits per heavy atom. The molecule has 3 heteroatoms. The van der Waals surface area contributed by atoms with Crippen molar-refractivity contribution in [3.63, 3.8) is 0 Å². The van der Waals surface area contributed by atoms with Crippen molar-refractivity contribution in [3.05, 3.63) is 23.8 Å². The molecule has 1 rings (SSSR count). The van der Waals surface area contributed by atoms with Crippen molar-refractivity contribution in [2.45, 2.75) is 39.7 Å². The van der Waals surface area contributed by atoms with E-state index in [0.717, 1.165) is 24.3 Å². The van der Waals surface area contributed by atoms with Crippen LogP contribution in [-0.4, -0.2) is 23.7 Å². The van der Waals surface area contributed by atoms with Crippen molar-refractivity contribution in [2.75, 3.05) is 18.0 Å². The number of anilines is 1. The summed E-state index contributed by atoms with van der Waals surface area (Å²) >= 11 is 0. The number of benzene rings is 1. The second kappa shape index (κ2) is 5.41. The highest BCUT2D eigenvalue weighted by Crippen LogP contribution is 2.26. The van der Waals surface area contributed by atoms with Crippen LogP contribution >= 0.6 is 0 Å². The summed E-state index contributed by atoms with van der Waals surface area (Å²) in [6, 6.07) is 5.85. The highest BCUT2D eigenvalue weighted by molar-refractivity contribution is 5.53. The van der Waals surface area contributed by atoms with Gasteiger partial charge in [-0.05, 0) is 45.7 Å². The lowest BCUT2D eigenvalue weighted by molar-refractivity contribution is 0.450. The number of rotatable bonds is 5. The van der Waals surface area contributed by atoms with Gasteiger partial charge in [0.05, 0.1) is 0 Å². The summed E-state index contributed by atoms with van der Waals surface area (Å²) in [7, 11) is 0. The molecule has 0 unspecified atom stereocenters. The van der Waals surface area contributed by atoms with Crippen LogP contribution in [-0.2, 0) is 6.42 Å². The second-order valence-electron chi connectivity index (χ2n) is 5.15. The Balaban J connectivity index is 2.93. The number of nitrogens with zero attached hydrogens (tertiary/aromatic N) is 1. The van der Waals surface area contributed by atoms with Crippen LogP contribution < -0.4 is 10.6 Å². The monoisotopic (exact) mass is 236 g/mol. The van der Waals surface area contributed by atoms with Gasteiger partial charge in [-0.1, -0.05) is 6.07 Å². The summed E-state index contributed by atoms with van der Waals surface area (Å²) in [4.78, 5) is 2.21. The van der Waals surface area contributed by atoms with E-state index >= 15 is 0 Å². The van der Waals surface area contributed by atoms with Crippen LogP contribution in [0.1, 0.15) is 33.3 Å². The maximum atomic E-state index is 10.0. The molecule has 0 spiro atoms. The van der Waals surface area contributed by atoms with Crippen LogP contribution in [0.15, 0.2) is 18.2 Å². The second-order valence-corrected chi connectivity index (χ2v) is 5.15. The van der Waals surface area contributed by atoms with E-state index in [-0.39, 0.29) is 5.54 Å². The number of hydrogen-bond donors (Lipinski definition) is 2. The normalized spacial score (nSPS) is 11.6. The predicted molar refractivity (Wildman–Crippen MR) is 73.6 cm³/mol. The third kappa shape index (κ3) is 3.93. The fraction of sp³-hybridized carbons (Fsp3) is 0.571. The average Bonchev–Trinajstić information content (AvgIpc) is 2.22. The predicted octanol–water partition coefficient (Wildman–Crippen LogP) is 2.52. The number of hydrogen-bond acceptors (Lipinski definition) is 3. The maximum absolute atomic E-state index is 10.0. The summed E-state index contributed by atoms with van der Waals surface area (Å²) in [5.41, 5.74) is 7.64.